The number of nitrogens with zero attached hydrogens (tertiary/aromatic N) is 2. The lowest BCUT2D eigenvalue weighted by atomic mass is 9.73. The minimum atomic E-state index is -1.44. The number of pyridine rings is 1. The molecule has 0 spiro atoms. The topological polar surface area (TPSA) is 97.8 Å². The van der Waals surface area contributed by atoms with Crippen LogP contribution in [0.1, 0.15) is 23.1 Å². The van der Waals surface area contributed by atoms with Gasteiger partial charge in [0.05, 0.1) is 0 Å². The molecule has 0 bridgehead atoms. The van der Waals surface area contributed by atoms with Crippen LogP contribution in [0.15, 0.2) is 73.1 Å². The van der Waals surface area contributed by atoms with Crippen LogP contribution < -0.4 is 14.8 Å². The maximum absolute atomic E-state index is 13.9. The first kappa shape index (κ1) is 22.6. The van der Waals surface area contributed by atoms with Gasteiger partial charge in [-0.25, -0.2) is 4.79 Å². The van der Waals surface area contributed by atoms with E-state index < -0.39 is 23.3 Å². The van der Waals surface area contributed by atoms with E-state index in [0.717, 1.165) is 16.7 Å². The van der Waals surface area contributed by atoms with Crippen molar-refractivity contribution in [1.29, 1.82) is 0 Å². The highest BCUT2D eigenvalue weighted by Gasteiger charge is 2.53. The third kappa shape index (κ3) is 4.59. The van der Waals surface area contributed by atoms with Gasteiger partial charge >= 0.3 is 6.03 Å². The number of amides is 4. The minimum Gasteiger partial charge on any atom is -0.454 e. The maximum atomic E-state index is 13.9. The molecule has 8 heteroatoms. The zero-order valence-corrected chi connectivity index (χ0v) is 19.1. The number of imide groups is 2. The van der Waals surface area contributed by atoms with Gasteiger partial charge in [0.1, 0.15) is 5.41 Å². The number of rotatable bonds is 8. The first-order chi connectivity index (χ1) is 17.0. The molecule has 1 atom stereocenters. The SMILES string of the molecule is O=C1NC(=O)[C@@](CCc2ccncc2)(Cc2ccc3c(c2)OCO3)C(=O)N1CCc1ccccc1. The minimum absolute atomic E-state index is 0.132. The van der Waals surface area contributed by atoms with Crippen molar-refractivity contribution in [3.05, 3.63) is 89.7 Å². The average Bonchev–Trinajstić information content (AvgIpc) is 3.35. The summed E-state index contributed by atoms with van der Waals surface area (Å²) in [6.45, 7) is 0.313. The Labute approximate surface area is 202 Å². The molecule has 1 fully saturated rings. The highest BCUT2D eigenvalue weighted by molar-refractivity contribution is 6.19. The van der Waals surface area contributed by atoms with Gasteiger partial charge in [-0.1, -0.05) is 36.4 Å². The van der Waals surface area contributed by atoms with Crippen molar-refractivity contribution in [3.63, 3.8) is 0 Å². The number of carbonyl (C=O) groups is 3. The smallest absolute Gasteiger partial charge is 0.330 e. The van der Waals surface area contributed by atoms with Crippen molar-refractivity contribution in [2.24, 2.45) is 5.41 Å². The standard InChI is InChI=1S/C27H25N3O5/c31-24-27(12-8-20-9-13-28-14-10-20,17-21-6-7-22-23(16-21)35-18-34-22)25(32)30(26(33)29-24)15-11-19-4-2-1-3-5-19/h1-7,9-10,13-14,16H,8,11-12,15,17-18H2,(H,29,31,33)/t27-/m1/s1. The van der Waals surface area contributed by atoms with Gasteiger partial charge in [-0.15, -0.1) is 0 Å². The molecule has 1 aromatic heterocycles. The summed E-state index contributed by atoms with van der Waals surface area (Å²) < 4.78 is 10.9. The number of benzene rings is 2. The molecule has 5 rings (SSSR count). The number of aryl methyl sites for hydroxylation is 1. The summed E-state index contributed by atoms with van der Waals surface area (Å²) in [5.74, 6) is 0.148. The Morgan fingerprint density at radius 3 is 2.40 bits per heavy atom. The molecule has 1 saturated heterocycles. The van der Waals surface area contributed by atoms with E-state index in [4.69, 9.17) is 9.47 Å². The molecule has 8 nitrogen and oxygen atoms in total. The predicted octanol–water partition coefficient (Wildman–Crippen LogP) is 3.29. The summed E-state index contributed by atoms with van der Waals surface area (Å²) in [6, 6.07) is 18.1. The Bertz CT molecular complexity index is 1250. The number of barbiturate groups is 1. The fourth-order valence-electron chi connectivity index (χ4n) is 4.59. The van der Waals surface area contributed by atoms with Crippen LogP contribution in [0, 0.1) is 5.41 Å². The van der Waals surface area contributed by atoms with E-state index in [1.165, 1.54) is 4.90 Å². The Morgan fingerprint density at radius 2 is 1.60 bits per heavy atom. The van der Waals surface area contributed by atoms with Crippen LogP contribution >= 0.6 is 0 Å². The van der Waals surface area contributed by atoms with Crippen molar-refractivity contribution in [2.45, 2.75) is 25.7 Å². The fraction of sp³-hybridized carbons (Fsp3) is 0.259. The van der Waals surface area contributed by atoms with Crippen LogP contribution in [-0.4, -0.2) is 41.1 Å². The molecule has 0 saturated carbocycles. The van der Waals surface area contributed by atoms with Gasteiger partial charge in [0.25, 0.3) is 0 Å². The molecule has 4 amide bonds. The Balaban J connectivity index is 1.45. The normalized spacial score (nSPS) is 19.1. The summed E-state index contributed by atoms with van der Waals surface area (Å²) in [5.41, 5.74) is 1.27. The third-order valence-electron chi connectivity index (χ3n) is 6.55. The van der Waals surface area contributed by atoms with Crippen molar-refractivity contribution in [3.8, 4) is 11.5 Å². The number of nitrogens with one attached hydrogen (secondary N) is 1. The summed E-state index contributed by atoms with van der Waals surface area (Å²) in [6.07, 6.45) is 4.71. The van der Waals surface area contributed by atoms with Crippen molar-refractivity contribution >= 4 is 17.8 Å². The van der Waals surface area contributed by atoms with E-state index in [1.54, 1.807) is 24.5 Å². The molecular formula is C27H25N3O5. The quantitative estimate of drug-likeness (QED) is 0.507. The predicted molar refractivity (Wildman–Crippen MR) is 127 cm³/mol. The Kier molecular flexibility index (Phi) is 6.18. The van der Waals surface area contributed by atoms with Crippen LogP contribution in [0.2, 0.25) is 0 Å². The molecule has 178 valence electrons. The highest BCUT2D eigenvalue weighted by atomic mass is 16.7. The van der Waals surface area contributed by atoms with E-state index in [9.17, 15) is 14.4 Å². The number of carbonyl (C=O) groups excluding carboxylic acids is 3. The zero-order valence-electron chi connectivity index (χ0n) is 19.1. The van der Waals surface area contributed by atoms with Crippen LogP contribution in [0.4, 0.5) is 4.79 Å². The van der Waals surface area contributed by atoms with Gasteiger partial charge in [0.2, 0.25) is 18.6 Å². The summed E-state index contributed by atoms with van der Waals surface area (Å²) >= 11 is 0. The van der Waals surface area contributed by atoms with E-state index >= 15 is 0 Å². The van der Waals surface area contributed by atoms with Gasteiger partial charge in [0, 0.05) is 18.9 Å². The molecule has 3 heterocycles. The molecule has 2 aliphatic heterocycles. The molecule has 0 unspecified atom stereocenters. The summed E-state index contributed by atoms with van der Waals surface area (Å²) in [7, 11) is 0. The number of urea groups is 1. The average molecular weight is 472 g/mol. The lowest BCUT2D eigenvalue weighted by molar-refractivity contribution is -0.152. The first-order valence-corrected chi connectivity index (χ1v) is 11.5. The van der Waals surface area contributed by atoms with Gasteiger partial charge in [-0.3, -0.25) is 24.8 Å². The number of fused-ring (bicyclic) bond motifs is 1. The van der Waals surface area contributed by atoms with E-state index in [-0.39, 0.29) is 26.2 Å². The monoisotopic (exact) mass is 471 g/mol. The van der Waals surface area contributed by atoms with Crippen LogP contribution in [-0.2, 0) is 28.9 Å². The van der Waals surface area contributed by atoms with Crippen molar-refractivity contribution < 1.29 is 23.9 Å². The van der Waals surface area contributed by atoms with Gasteiger partial charge in [0.15, 0.2) is 11.5 Å². The number of ether oxygens (including phenoxy) is 2. The lowest BCUT2D eigenvalue weighted by Crippen LogP contribution is -2.65. The summed E-state index contributed by atoms with van der Waals surface area (Å²) in [5, 5.41) is 2.45. The molecular weight excluding hydrogens is 446 g/mol. The molecule has 35 heavy (non-hydrogen) atoms. The van der Waals surface area contributed by atoms with E-state index in [0.29, 0.717) is 24.3 Å². The second-order valence-corrected chi connectivity index (χ2v) is 8.75. The highest BCUT2D eigenvalue weighted by Crippen LogP contribution is 2.38. The molecule has 0 aliphatic carbocycles. The lowest BCUT2D eigenvalue weighted by Gasteiger charge is -2.39. The van der Waals surface area contributed by atoms with Crippen molar-refractivity contribution in [2.75, 3.05) is 13.3 Å². The van der Waals surface area contributed by atoms with Crippen LogP contribution in [0.3, 0.4) is 0 Å². The molecule has 3 aromatic rings. The van der Waals surface area contributed by atoms with E-state index in [2.05, 4.69) is 10.3 Å². The molecule has 1 N–H and O–H groups in total. The van der Waals surface area contributed by atoms with Crippen LogP contribution in [0.25, 0.3) is 0 Å². The largest absolute Gasteiger partial charge is 0.454 e. The Hall–Kier alpha value is -4.20. The number of hydrogen-bond donors (Lipinski definition) is 1. The van der Waals surface area contributed by atoms with Crippen molar-refractivity contribution in [1.82, 2.24) is 15.2 Å². The zero-order chi connectivity index (χ0) is 24.3. The van der Waals surface area contributed by atoms with E-state index in [1.807, 2.05) is 48.5 Å². The second-order valence-electron chi connectivity index (χ2n) is 8.75. The van der Waals surface area contributed by atoms with Gasteiger partial charge in [-0.05, 0) is 66.6 Å². The second kappa shape index (κ2) is 9.58. The molecule has 2 aliphatic rings. The number of hydrogen-bond acceptors (Lipinski definition) is 6. The summed E-state index contributed by atoms with van der Waals surface area (Å²) in [4.78, 5) is 45.2. The third-order valence-corrected chi connectivity index (χ3v) is 6.55. The number of aromatic nitrogens is 1. The molecule has 2 aromatic carbocycles. The fourth-order valence-corrected chi connectivity index (χ4v) is 4.59. The van der Waals surface area contributed by atoms with Gasteiger partial charge < -0.3 is 9.47 Å². The van der Waals surface area contributed by atoms with Crippen LogP contribution in [0.5, 0.6) is 11.5 Å². The maximum Gasteiger partial charge on any atom is 0.330 e. The molecule has 0 radical (unpaired) electrons. The Morgan fingerprint density at radius 1 is 0.857 bits per heavy atom. The first-order valence-electron chi connectivity index (χ1n) is 11.5. The van der Waals surface area contributed by atoms with Gasteiger partial charge in [-0.2, -0.15) is 0 Å².